The fourth-order valence-corrected chi connectivity index (χ4v) is 2.54. The van der Waals surface area contributed by atoms with Gasteiger partial charge in [-0.05, 0) is 43.7 Å². The topological polar surface area (TPSA) is 66.9 Å². The van der Waals surface area contributed by atoms with Crippen LogP contribution in [0, 0.1) is 13.8 Å². The number of halogens is 1. The highest BCUT2D eigenvalue weighted by Gasteiger charge is 2.09. The number of hydrogen-bond donors (Lipinski definition) is 2. The second-order valence-electron chi connectivity index (χ2n) is 5.70. The summed E-state index contributed by atoms with van der Waals surface area (Å²) < 4.78 is 0. The van der Waals surface area contributed by atoms with Gasteiger partial charge in [-0.15, -0.1) is 0 Å². The van der Waals surface area contributed by atoms with E-state index in [-0.39, 0.29) is 5.91 Å². The van der Waals surface area contributed by atoms with Crippen molar-refractivity contribution in [3.8, 4) is 0 Å². The van der Waals surface area contributed by atoms with E-state index in [0.717, 1.165) is 11.3 Å². The van der Waals surface area contributed by atoms with E-state index in [2.05, 4.69) is 26.7 Å². The lowest BCUT2D eigenvalue weighted by Crippen LogP contribution is -2.13. The third-order valence-electron chi connectivity index (χ3n) is 3.62. The molecule has 0 bridgehead atoms. The predicted octanol–water partition coefficient (Wildman–Crippen LogP) is 4.74. The number of aryl methyl sites for hydroxylation is 2. The number of rotatable bonds is 4. The number of carbonyl (C=O) groups excluding carboxylic acids is 1. The summed E-state index contributed by atoms with van der Waals surface area (Å²) in [5.74, 6) is 0.145. The van der Waals surface area contributed by atoms with Gasteiger partial charge < -0.3 is 10.6 Å². The molecule has 25 heavy (non-hydrogen) atoms. The van der Waals surface area contributed by atoms with Gasteiger partial charge >= 0.3 is 0 Å². The van der Waals surface area contributed by atoms with E-state index in [1.807, 2.05) is 26.0 Å². The highest BCUT2D eigenvalue weighted by atomic mass is 35.5. The van der Waals surface area contributed by atoms with E-state index in [0.29, 0.717) is 22.2 Å². The number of benzene rings is 2. The molecule has 1 heterocycles. The molecular formula is C19H17ClN4O. The Morgan fingerprint density at radius 3 is 2.48 bits per heavy atom. The maximum Gasteiger partial charge on any atom is 0.258 e. The molecule has 0 spiro atoms. The molecule has 0 radical (unpaired) electrons. The molecule has 126 valence electrons. The zero-order chi connectivity index (χ0) is 17.8. The molecule has 0 fully saturated rings. The number of nitrogens with zero attached hydrogens (tertiary/aromatic N) is 2. The molecule has 3 aromatic rings. The lowest BCUT2D eigenvalue weighted by molar-refractivity contribution is 0.102. The van der Waals surface area contributed by atoms with Crippen LogP contribution < -0.4 is 10.6 Å². The van der Waals surface area contributed by atoms with Crippen molar-refractivity contribution in [2.24, 2.45) is 0 Å². The first-order valence-corrected chi connectivity index (χ1v) is 8.12. The molecule has 0 aliphatic rings. The van der Waals surface area contributed by atoms with E-state index in [4.69, 9.17) is 11.6 Å². The molecule has 0 saturated heterocycles. The first kappa shape index (κ1) is 16.9. The molecule has 2 aromatic carbocycles. The van der Waals surface area contributed by atoms with Gasteiger partial charge in [-0.2, -0.15) is 0 Å². The Bertz CT molecular complexity index is 910. The second kappa shape index (κ2) is 7.32. The molecule has 0 saturated carbocycles. The fraction of sp³-hybridized carbons (Fsp3) is 0.105. The lowest BCUT2D eigenvalue weighted by atomic mass is 10.1. The molecular weight excluding hydrogens is 336 g/mol. The van der Waals surface area contributed by atoms with E-state index in [1.165, 1.54) is 18.0 Å². The molecule has 1 amide bonds. The van der Waals surface area contributed by atoms with Gasteiger partial charge in [-0.1, -0.05) is 35.4 Å². The first-order valence-electron chi connectivity index (χ1n) is 7.74. The first-order chi connectivity index (χ1) is 12.0. The van der Waals surface area contributed by atoms with Crippen LogP contribution in [0.4, 0.5) is 17.3 Å². The van der Waals surface area contributed by atoms with Crippen molar-refractivity contribution in [2.75, 3.05) is 10.6 Å². The highest BCUT2D eigenvalue weighted by molar-refractivity contribution is 6.30. The molecule has 0 aliphatic heterocycles. The van der Waals surface area contributed by atoms with Crippen LogP contribution in [0.5, 0.6) is 0 Å². The Morgan fingerprint density at radius 1 is 1.04 bits per heavy atom. The molecule has 1 aromatic heterocycles. The van der Waals surface area contributed by atoms with Crippen molar-refractivity contribution in [3.63, 3.8) is 0 Å². The minimum Gasteiger partial charge on any atom is -0.324 e. The van der Waals surface area contributed by atoms with Gasteiger partial charge in [-0.25, -0.2) is 9.97 Å². The van der Waals surface area contributed by atoms with Gasteiger partial charge in [0.1, 0.15) is 0 Å². The van der Waals surface area contributed by atoms with Gasteiger partial charge in [0, 0.05) is 28.8 Å². The van der Waals surface area contributed by atoms with Crippen LogP contribution in [0.1, 0.15) is 21.5 Å². The third-order valence-corrected chi connectivity index (χ3v) is 3.86. The normalized spacial score (nSPS) is 10.4. The minimum absolute atomic E-state index is 0.291. The van der Waals surface area contributed by atoms with Crippen LogP contribution in [0.2, 0.25) is 5.02 Å². The number of hydrogen-bond acceptors (Lipinski definition) is 4. The number of amides is 1. The smallest absolute Gasteiger partial charge is 0.258 e. The van der Waals surface area contributed by atoms with Crippen LogP contribution in [-0.2, 0) is 0 Å². The Morgan fingerprint density at radius 2 is 1.80 bits per heavy atom. The standard InChI is InChI=1S/C19H17ClN4O/c1-12-6-7-17(13(2)8-12)24-19-21-10-14(11-22-19)18(25)23-16-5-3-4-15(20)9-16/h3-11H,1-2H3,(H,23,25)(H,21,22,24). The molecule has 2 N–H and O–H groups in total. The van der Waals surface area contributed by atoms with Crippen molar-refractivity contribution in [3.05, 3.63) is 76.6 Å². The Hall–Kier alpha value is -2.92. The second-order valence-corrected chi connectivity index (χ2v) is 6.14. The van der Waals surface area contributed by atoms with Gasteiger partial charge in [0.05, 0.1) is 5.56 Å². The van der Waals surface area contributed by atoms with Gasteiger partial charge in [0.25, 0.3) is 5.91 Å². The van der Waals surface area contributed by atoms with Crippen LogP contribution in [0.15, 0.2) is 54.9 Å². The van der Waals surface area contributed by atoms with Gasteiger partial charge in [0.15, 0.2) is 0 Å². The fourth-order valence-electron chi connectivity index (χ4n) is 2.35. The van der Waals surface area contributed by atoms with Crippen molar-refractivity contribution in [1.82, 2.24) is 9.97 Å². The molecule has 6 heteroatoms. The average molecular weight is 353 g/mol. The van der Waals surface area contributed by atoms with E-state index in [1.54, 1.807) is 24.3 Å². The van der Waals surface area contributed by atoms with Crippen molar-refractivity contribution in [1.29, 1.82) is 0 Å². The summed E-state index contributed by atoms with van der Waals surface area (Å²) in [5.41, 5.74) is 4.21. The van der Waals surface area contributed by atoms with Crippen LogP contribution in [0.25, 0.3) is 0 Å². The van der Waals surface area contributed by atoms with Crippen LogP contribution >= 0.6 is 11.6 Å². The summed E-state index contributed by atoms with van der Waals surface area (Å²) >= 11 is 5.91. The number of carbonyl (C=O) groups is 1. The summed E-state index contributed by atoms with van der Waals surface area (Å²) in [6.45, 7) is 4.06. The summed E-state index contributed by atoms with van der Waals surface area (Å²) in [6, 6.07) is 13.0. The SMILES string of the molecule is Cc1ccc(Nc2ncc(C(=O)Nc3cccc(Cl)c3)cn2)c(C)c1. The van der Waals surface area contributed by atoms with Gasteiger partial charge in [-0.3, -0.25) is 4.79 Å². The van der Waals surface area contributed by atoms with Gasteiger partial charge in [0.2, 0.25) is 5.95 Å². The third kappa shape index (κ3) is 4.33. The van der Waals surface area contributed by atoms with Crippen molar-refractivity contribution >= 4 is 34.8 Å². The van der Waals surface area contributed by atoms with E-state index in [9.17, 15) is 4.79 Å². The molecule has 0 unspecified atom stereocenters. The molecule has 0 aliphatic carbocycles. The van der Waals surface area contributed by atoms with Crippen LogP contribution in [-0.4, -0.2) is 15.9 Å². The zero-order valence-corrected chi connectivity index (χ0v) is 14.6. The maximum atomic E-state index is 12.2. The molecule has 5 nitrogen and oxygen atoms in total. The Kier molecular flexibility index (Phi) is 4.95. The monoisotopic (exact) mass is 352 g/mol. The summed E-state index contributed by atoms with van der Waals surface area (Å²) in [7, 11) is 0. The summed E-state index contributed by atoms with van der Waals surface area (Å²) in [6.07, 6.45) is 2.97. The van der Waals surface area contributed by atoms with E-state index < -0.39 is 0 Å². The average Bonchev–Trinajstić information content (AvgIpc) is 2.58. The zero-order valence-electron chi connectivity index (χ0n) is 13.9. The quantitative estimate of drug-likeness (QED) is 0.711. The highest BCUT2D eigenvalue weighted by Crippen LogP contribution is 2.19. The molecule has 3 rings (SSSR count). The summed E-state index contributed by atoms with van der Waals surface area (Å²) in [5, 5.41) is 6.47. The van der Waals surface area contributed by atoms with Crippen LogP contribution in [0.3, 0.4) is 0 Å². The minimum atomic E-state index is -0.291. The Balaban J connectivity index is 1.70. The maximum absolute atomic E-state index is 12.2. The lowest BCUT2D eigenvalue weighted by Gasteiger charge is -2.09. The van der Waals surface area contributed by atoms with Crippen molar-refractivity contribution < 1.29 is 4.79 Å². The predicted molar refractivity (Wildman–Crippen MR) is 101 cm³/mol. The molecule has 0 atom stereocenters. The van der Waals surface area contributed by atoms with Crippen molar-refractivity contribution in [2.45, 2.75) is 13.8 Å². The largest absolute Gasteiger partial charge is 0.324 e. The summed E-state index contributed by atoms with van der Waals surface area (Å²) in [4.78, 5) is 20.6. The number of aromatic nitrogens is 2. The number of nitrogens with one attached hydrogen (secondary N) is 2. The van der Waals surface area contributed by atoms with E-state index >= 15 is 0 Å². The Labute approximate surface area is 151 Å². The number of anilines is 3.